The molecule has 66 valence electrons. The van der Waals surface area contributed by atoms with Crippen LogP contribution >= 0.6 is 11.3 Å². The fourth-order valence-corrected chi connectivity index (χ4v) is 1.14. The molecule has 5 nitrogen and oxygen atoms in total. The minimum absolute atomic E-state index is 0.0613. The molecule has 0 spiro atoms. The van der Waals surface area contributed by atoms with E-state index in [0.717, 1.165) is 11.3 Å². The lowest BCUT2D eigenvalue weighted by atomic mass is 10.4. The molecule has 1 aromatic heterocycles. The zero-order valence-corrected chi connectivity index (χ0v) is 7.09. The Morgan fingerprint density at radius 1 is 1.62 bits per heavy atom. The van der Waals surface area contributed by atoms with Gasteiger partial charge in [0, 0.05) is 11.3 Å². The van der Waals surface area contributed by atoms with Crippen LogP contribution in [0.15, 0.2) is 5.38 Å². The van der Waals surface area contributed by atoms with E-state index in [4.69, 9.17) is 10.8 Å². The lowest BCUT2D eigenvalue weighted by Crippen LogP contribution is -2.06. The molecular weight excluding hydrogens is 192 g/mol. The van der Waals surface area contributed by atoms with Crippen molar-refractivity contribution in [2.24, 2.45) is 5.73 Å². The van der Waals surface area contributed by atoms with Gasteiger partial charge in [0.1, 0.15) is 5.69 Å². The number of aromatic carboxylic acids is 1. The highest BCUT2D eigenvalue weighted by Crippen LogP contribution is 2.07. The van der Waals surface area contributed by atoms with E-state index >= 15 is 0 Å². The van der Waals surface area contributed by atoms with Crippen molar-refractivity contribution in [3.8, 4) is 11.8 Å². The third-order valence-electron chi connectivity index (χ3n) is 1.00. The van der Waals surface area contributed by atoms with Crippen LogP contribution in [0.25, 0.3) is 0 Å². The summed E-state index contributed by atoms with van der Waals surface area (Å²) in [7, 11) is 0. The van der Waals surface area contributed by atoms with Crippen molar-refractivity contribution in [3.63, 3.8) is 0 Å². The number of nitrogens with two attached hydrogens (primary N) is 1. The number of amides is 1. The number of nitrogens with zero attached hydrogens (tertiary/aromatic N) is 1. The Morgan fingerprint density at radius 3 is 2.77 bits per heavy atom. The van der Waals surface area contributed by atoms with Crippen LogP contribution in [0, 0.1) is 11.8 Å². The van der Waals surface area contributed by atoms with Gasteiger partial charge in [-0.1, -0.05) is 0 Å². The van der Waals surface area contributed by atoms with E-state index in [2.05, 4.69) is 16.8 Å². The van der Waals surface area contributed by atoms with E-state index in [1.165, 1.54) is 5.38 Å². The van der Waals surface area contributed by atoms with Crippen molar-refractivity contribution >= 4 is 23.2 Å². The van der Waals surface area contributed by atoms with Crippen LogP contribution in [-0.4, -0.2) is 22.0 Å². The summed E-state index contributed by atoms with van der Waals surface area (Å²) in [5.74, 6) is 2.50. The largest absolute Gasteiger partial charge is 0.476 e. The van der Waals surface area contributed by atoms with Crippen molar-refractivity contribution in [2.75, 3.05) is 0 Å². The quantitative estimate of drug-likeness (QED) is 0.602. The summed E-state index contributed by atoms with van der Waals surface area (Å²) in [4.78, 5) is 24.2. The number of rotatable bonds is 1. The van der Waals surface area contributed by atoms with E-state index in [-0.39, 0.29) is 10.7 Å². The van der Waals surface area contributed by atoms with E-state index in [1.807, 2.05) is 0 Å². The van der Waals surface area contributed by atoms with Crippen molar-refractivity contribution in [3.05, 3.63) is 16.1 Å². The fraction of sp³-hybridized carbons (Fsp3) is 0. The van der Waals surface area contributed by atoms with Gasteiger partial charge >= 0.3 is 5.97 Å². The first-order chi connectivity index (χ1) is 6.09. The predicted octanol–water partition coefficient (Wildman–Crippen LogP) is -0.322. The van der Waals surface area contributed by atoms with Crippen LogP contribution in [0.1, 0.15) is 15.5 Å². The van der Waals surface area contributed by atoms with Gasteiger partial charge in [-0.25, -0.2) is 9.78 Å². The molecule has 6 heteroatoms. The summed E-state index contributed by atoms with van der Waals surface area (Å²) < 4.78 is 0. The van der Waals surface area contributed by atoms with Crippen LogP contribution in [0.4, 0.5) is 0 Å². The van der Waals surface area contributed by atoms with Gasteiger partial charge in [-0.3, -0.25) is 4.79 Å². The number of carboxylic acids is 1. The molecule has 0 aliphatic rings. The first kappa shape index (κ1) is 9.22. The minimum atomic E-state index is -1.11. The molecule has 1 aromatic rings. The van der Waals surface area contributed by atoms with E-state index in [1.54, 1.807) is 0 Å². The molecular formula is C7H4N2O3S. The molecule has 1 heterocycles. The van der Waals surface area contributed by atoms with Gasteiger partial charge in [0.05, 0.1) is 0 Å². The van der Waals surface area contributed by atoms with Crippen molar-refractivity contribution in [2.45, 2.75) is 0 Å². The van der Waals surface area contributed by atoms with Crippen LogP contribution in [0.5, 0.6) is 0 Å². The number of carboxylic acid groups (broad SMARTS) is 1. The molecule has 0 aromatic carbocycles. The second-order valence-corrected chi connectivity index (χ2v) is 2.82. The normalized spacial score (nSPS) is 8.62. The summed E-state index contributed by atoms with van der Waals surface area (Å²) in [6, 6.07) is 0. The van der Waals surface area contributed by atoms with E-state index in [9.17, 15) is 9.59 Å². The third kappa shape index (κ3) is 2.57. The Balaban J connectivity index is 2.89. The van der Waals surface area contributed by atoms with Crippen LogP contribution in [0.2, 0.25) is 0 Å². The first-order valence-electron chi connectivity index (χ1n) is 3.10. The Labute approximate surface area is 77.2 Å². The summed E-state index contributed by atoms with van der Waals surface area (Å²) in [6.45, 7) is 0. The third-order valence-corrected chi connectivity index (χ3v) is 1.83. The van der Waals surface area contributed by atoms with Crippen molar-refractivity contribution in [1.29, 1.82) is 0 Å². The Bertz CT molecular complexity index is 413. The number of carbonyl (C=O) groups excluding carboxylic acids is 1. The molecule has 13 heavy (non-hydrogen) atoms. The highest BCUT2D eigenvalue weighted by atomic mass is 32.1. The van der Waals surface area contributed by atoms with Gasteiger partial charge in [-0.2, -0.15) is 0 Å². The summed E-state index contributed by atoms with van der Waals surface area (Å²) in [5, 5.41) is 9.87. The number of hydrogen-bond donors (Lipinski definition) is 2. The molecule has 1 rings (SSSR count). The average molecular weight is 196 g/mol. The van der Waals surface area contributed by atoms with E-state index < -0.39 is 11.9 Å². The van der Waals surface area contributed by atoms with Crippen LogP contribution in [-0.2, 0) is 4.79 Å². The lowest BCUT2D eigenvalue weighted by Gasteiger charge is -1.79. The number of aromatic nitrogens is 1. The highest BCUT2D eigenvalue weighted by molar-refractivity contribution is 7.11. The molecule has 0 atom stereocenters. The smallest absolute Gasteiger partial charge is 0.365 e. The Morgan fingerprint density at radius 2 is 2.31 bits per heavy atom. The predicted molar refractivity (Wildman–Crippen MR) is 45.1 cm³/mol. The number of primary amides is 1. The van der Waals surface area contributed by atoms with Crippen LogP contribution < -0.4 is 5.73 Å². The number of hydrogen-bond acceptors (Lipinski definition) is 4. The maximum absolute atomic E-state index is 10.4. The maximum Gasteiger partial charge on any atom is 0.365 e. The number of carbonyl (C=O) groups is 2. The van der Waals surface area contributed by atoms with Gasteiger partial charge in [-0.15, -0.1) is 11.3 Å². The minimum Gasteiger partial charge on any atom is -0.476 e. The van der Waals surface area contributed by atoms with Gasteiger partial charge in [0.25, 0.3) is 5.91 Å². The molecule has 1 amide bonds. The highest BCUT2D eigenvalue weighted by Gasteiger charge is 2.06. The average Bonchev–Trinajstić information content (AvgIpc) is 2.48. The molecule has 3 N–H and O–H groups in total. The maximum atomic E-state index is 10.4. The standard InChI is InChI=1S/C7H4N2O3S/c8-5(10)2-1-4-3-13-6(9-4)7(11)12/h3H,(H2,8,10)(H,11,12). The summed E-state index contributed by atoms with van der Waals surface area (Å²) >= 11 is 0.944. The monoisotopic (exact) mass is 196 g/mol. The Hall–Kier alpha value is -1.87. The molecule has 0 fully saturated rings. The second-order valence-electron chi connectivity index (χ2n) is 1.96. The van der Waals surface area contributed by atoms with Gasteiger partial charge in [0.15, 0.2) is 0 Å². The molecule has 0 radical (unpaired) electrons. The summed E-state index contributed by atoms with van der Waals surface area (Å²) in [6.07, 6.45) is 0. The first-order valence-corrected chi connectivity index (χ1v) is 3.98. The molecule has 0 saturated heterocycles. The molecule has 0 saturated carbocycles. The second kappa shape index (κ2) is 3.69. The van der Waals surface area contributed by atoms with Crippen molar-refractivity contribution < 1.29 is 14.7 Å². The van der Waals surface area contributed by atoms with Gasteiger partial charge < -0.3 is 10.8 Å². The number of thiazole rings is 1. The topological polar surface area (TPSA) is 93.3 Å². The molecule has 0 aliphatic heterocycles. The Kier molecular flexibility index (Phi) is 2.62. The summed E-state index contributed by atoms with van der Waals surface area (Å²) in [5.41, 5.74) is 4.99. The van der Waals surface area contributed by atoms with Crippen LogP contribution in [0.3, 0.4) is 0 Å². The zero-order valence-electron chi connectivity index (χ0n) is 6.27. The lowest BCUT2D eigenvalue weighted by molar-refractivity contribution is -0.112. The van der Waals surface area contributed by atoms with E-state index in [0.29, 0.717) is 0 Å². The van der Waals surface area contributed by atoms with Gasteiger partial charge in [0.2, 0.25) is 5.01 Å². The zero-order chi connectivity index (χ0) is 9.84. The molecule has 0 aliphatic carbocycles. The SMILES string of the molecule is NC(=O)C#Cc1csc(C(=O)O)n1. The molecule has 0 bridgehead atoms. The fourth-order valence-electron chi connectivity index (χ4n) is 0.555. The van der Waals surface area contributed by atoms with Crippen molar-refractivity contribution in [1.82, 2.24) is 4.98 Å². The van der Waals surface area contributed by atoms with Gasteiger partial charge in [-0.05, 0) is 5.92 Å². The molecule has 0 unspecified atom stereocenters.